The molecule has 0 fully saturated rings. The monoisotopic (exact) mass is 336 g/mol. The summed E-state index contributed by atoms with van der Waals surface area (Å²) in [6, 6.07) is 3.97. The number of ether oxygens (including phenoxy) is 1. The number of carboxylic acid groups (broad SMARTS) is 1. The Kier molecular flexibility index (Phi) is 6.38. The molecule has 2 N–H and O–H groups in total. The minimum Gasteiger partial charge on any atom is -0.478 e. The number of aryl methyl sites for hydroxylation is 1. The third kappa shape index (κ3) is 4.22. The van der Waals surface area contributed by atoms with Crippen molar-refractivity contribution >= 4 is 17.3 Å². The van der Waals surface area contributed by atoms with Gasteiger partial charge in [0.15, 0.2) is 0 Å². The van der Waals surface area contributed by atoms with Gasteiger partial charge in [-0.2, -0.15) is 0 Å². The van der Waals surface area contributed by atoms with E-state index >= 15 is 0 Å². The van der Waals surface area contributed by atoms with E-state index in [0.717, 1.165) is 47.3 Å². The second kappa shape index (κ2) is 8.29. The second-order valence-corrected chi connectivity index (χ2v) is 6.57. The van der Waals surface area contributed by atoms with Crippen LogP contribution in [0.3, 0.4) is 0 Å². The number of aromatic carboxylic acids is 1. The van der Waals surface area contributed by atoms with E-state index < -0.39 is 5.97 Å². The van der Waals surface area contributed by atoms with Crippen LogP contribution in [0.5, 0.6) is 0 Å². The van der Waals surface area contributed by atoms with Gasteiger partial charge in [0.1, 0.15) is 5.00 Å². The van der Waals surface area contributed by atoms with Gasteiger partial charge in [-0.05, 0) is 51.4 Å². The standard InChI is InChI=1S/C17H24N2O3S/c1-4-22-10-6-8-18-11-14-7-5-9-19(14)16-15(17(20)21)12(2)13(3)23-16/h5,7,9,18H,4,6,8,10-11H2,1-3H3,(H,20,21). The first-order valence-electron chi connectivity index (χ1n) is 7.84. The summed E-state index contributed by atoms with van der Waals surface area (Å²) in [5.41, 5.74) is 2.31. The van der Waals surface area contributed by atoms with Gasteiger partial charge >= 0.3 is 5.97 Å². The molecule has 2 rings (SSSR count). The van der Waals surface area contributed by atoms with Gasteiger partial charge in [-0.1, -0.05) is 0 Å². The average Bonchev–Trinajstić information content (AvgIpc) is 3.08. The molecule has 0 bridgehead atoms. The van der Waals surface area contributed by atoms with Crippen LogP contribution in [0.1, 0.15) is 39.8 Å². The van der Waals surface area contributed by atoms with Gasteiger partial charge in [-0.25, -0.2) is 4.79 Å². The summed E-state index contributed by atoms with van der Waals surface area (Å²) < 4.78 is 7.29. The van der Waals surface area contributed by atoms with Crippen LogP contribution < -0.4 is 5.32 Å². The number of nitrogens with zero attached hydrogens (tertiary/aromatic N) is 1. The van der Waals surface area contributed by atoms with Gasteiger partial charge in [0.25, 0.3) is 0 Å². The summed E-state index contributed by atoms with van der Waals surface area (Å²) in [6.45, 7) is 8.91. The molecule has 0 aromatic carbocycles. The Morgan fingerprint density at radius 1 is 1.43 bits per heavy atom. The molecule has 23 heavy (non-hydrogen) atoms. The number of aromatic nitrogens is 1. The topological polar surface area (TPSA) is 63.5 Å². The highest BCUT2D eigenvalue weighted by molar-refractivity contribution is 7.15. The van der Waals surface area contributed by atoms with Gasteiger partial charge in [0.2, 0.25) is 0 Å². The number of carbonyl (C=O) groups is 1. The Hall–Kier alpha value is -1.63. The predicted octanol–water partition coefficient (Wildman–Crippen LogP) is 3.37. The molecular weight excluding hydrogens is 312 g/mol. The molecule has 126 valence electrons. The third-order valence-corrected chi connectivity index (χ3v) is 4.99. The molecule has 2 heterocycles. The van der Waals surface area contributed by atoms with E-state index in [9.17, 15) is 9.90 Å². The van der Waals surface area contributed by atoms with E-state index in [0.29, 0.717) is 12.1 Å². The number of carboxylic acids is 1. The van der Waals surface area contributed by atoms with E-state index in [1.165, 1.54) is 11.3 Å². The first-order chi connectivity index (χ1) is 11.1. The fourth-order valence-electron chi connectivity index (χ4n) is 2.45. The molecule has 0 aliphatic heterocycles. The highest BCUT2D eigenvalue weighted by Crippen LogP contribution is 2.31. The van der Waals surface area contributed by atoms with Crippen LogP contribution in [0.2, 0.25) is 0 Å². The Morgan fingerprint density at radius 3 is 2.91 bits per heavy atom. The van der Waals surface area contributed by atoms with Crippen molar-refractivity contribution < 1.29 is 14.6 Å². The smallest absolute Gasteiger partial charge is 0.339 e. The number of rotatable bonds is 9. The third-order valence-electron chi connectivity index (χ3n) is 3.79. The number of thiophene rings is 1. The lowest BCUT2D eigenvalue weighted by molar-refractivity contribution is 0.0696. The highest BCUT2D eigenvalue weighted by atomic mass is 32.1. The van der Waals surface area contributed by atoms with Crippen LogP contribution in [0.4, 0.5) is 0 Å². The molecule has 0 atom stereocenters. The molecule has 0 amide bonds. The zero-order valence-corrected chi connectivity index (χ0v) is 14.7. The first-order valence-corrected chi connectivity index (χ1v) is 8.66. The van der Waals surface area contributed by atoms with Crippen LogP contribution >= 0.6 is 11.3 Å². The van der Waals surface area contributed by atoms with Crippen molar-refractivity contribution in [3.05, 3.63) is 40.0 Å². The van der Waals surface area contributed by atoms with E-state index in [1.54, 1.807) is 0 Å². The molecule has 0 saturated carbocycles. The normalized spacial score (nSPS) is 11.1. The lowest BCUT2D eigenvalue weighted by atomic mass is 10.1. The molecule has 0 spiro atoms. The summed E-state index contributed by atoms with van der Waals surface area (Å²) in [5.74, 6) is -0.869. The maximum absolute atomic E-state index is 11.6. The van der Waals surface area contributed by atoms with E-state index in [-0.39, 0.29) is 0 Å². The molecule has 2 aromatic heterocycles. The lowest BCUT2D eigenvalue weighted by Gasteiger charge is -2.10. The SMILES string of the molecule is CCOCCCNCc1cccn1-c1sc(C)c(C)c1C(=O)O. The molecule has 0 saturated heterocycles. The van der Waals surface area contributed by atoms with Crippen molar-refractivity contribution in [3.63, 3.8) is 0 Å². The van der Waals surface area contributed by atoms with E-state index in [2.05, 4.69) is 5.32 Å². The van der Waals surface area contributed by atoms with Crippen molar-refractivity contribution in [1.29, 1.82) is 0 Å². The summed E-state index contributed by atoms with van der Waals surface area (Å²) in [6.07, 6.45) is 2.89. The highest BCUT2D eigenvalue weighted by Gasteiger charge is 2.20. The first kappa shape index (κ1) is 17.7. The largest absolute Gasteiger partial charge is 0.478 e. The second-order valence-electron chi connectivity index (χ2n) is 5.37. The fourth-order valence-corrected chi connectivity index (χ4v) is 3.61. The van der Waals surface area contributed by atoms with Crippen LogP contribution in [-0.4, -0.2) is 35.4 Å². The molecule has 5 nitrogen and oxygen atoms in total. The maximum atomic E-state index is 11.6. The number of hydrogen-bond donors (Lipinski definition) is 2. The van der Waals surface area contributed by atoms with Crippen LogP contribution in [0.15, 0.2) is 18.3 Å². The number of nitrogens with one attached hydrogen (secondary N) is 1. The van der Waals surface area contributed by atoms with Gasteiger partial charge < -0.3 is 19.7 Å². The predicted molar refractivity (Wildman–Crippen MR) is 92.9 cm³/mol. The minimum atomic E-state index is -0.869. The Labute approximate surface area is 140 Å². The zero-order chi connectivity index (χ0) is 16.8. The Morgan fingerprint density at radius 2 is 2.22 bits per heavy atom. The Bertz CT molecular complexity index is 661. The molecular formula is C17H24N2O3S. The molecule has 0 unspecified atom stereocenters. The van der Waals surface area contributed by atoms with Crippen molar-refractivity contribution in [3.8, 4) is 5.00 Å². The van der Waals surface area contributed by atoms with Crippen LogP contribution in [0.25, 0.3) is 5.00 Å². The van der Waals surface area contributed by atoms with Crippen molar-refractivity contribution in [2.24, 2.45) is 0 Å². The summed E-state index contributed by atoms with van der Waals surface area (Å²) in [4.78, 5) is 12.6. The molecule has 0 aliphatic carbocycles. The molecule has 0 radical (unpaired) electrons. The zero-order valence-electron chi connectivity index (χ0n) is 13.9. The van der Waals surface area contributed by atoms with Crippen molar-refractivity contribution in [2.45, 2.75) is 33.7 Å². The van der Waals surface area contributed by atoms with Crippen LogP contribution in [-0.2, 0) is 11.3 Å². The summed E-state index contributed by atoms with van der Waals surface area (Å²) in [5, 5.41) is 13.7. The molecule has 2 aromatic rings. The van der Waals surface area contributed by atoms with Crippen LogP contribution in [0, 0.1) is 13.8 Å². The molecule has 0 aliphatic rings. The van der Waals surface area contributed by atoms with Crippen molar-refractivity contribution in [2.75, 3.05) is 19.8 Å². The van der Waals surface area contributed by atoms with Gasteiger partial charge in [0, 0.05) is 36.5 Å². The minimum absolute atomic E-state index is 0.404. The van der Waals surface area contributed by atoms with Crippen molar-refractivity contribution in [1.82, 2.24) is 9.88 Å². The number of hydrogen-bond acceptors (Lipinski definition) is 4. The average molecular weight is 336 g/mol. The maximum Gasteiger partial charge on any atom is 0.339 e. The fraction of sp³-hybridized carbons (Fsp3) is 0.471. The van der Waals surface area contributed by atoms with E-state index in [1.807, 2.05) is 43.7 Å². The van der Waals surface area contributed by atoms with Gasteiger partial charge in [-0.15, -0.1) is 11.3 Å². The summed E-state index contributed by atoms with van der Waals surface area (Å²) in [7, 11) is 0. The van der Waals surface area contributed by atoms with E-state index in [4.69, 9.17) is 4.74 Å². The Balaban J connectivity index is 2.10. The quantitative estimate of drug-likeness (QED) is 0.689. The summed E-state index contributed by atoms with van der Waals surface area (Å²) >= 11 is 1.53. The van der Waals surface area contributed by atoms with Gasteiger partial charge in [-0.3, -0.25) is 0 Å². The lowest BCUT2D eigenvalue weighted by Crippen LogP contribution is -2.18. The molecule has 6 heteroatoms. The van der Waals surface area contributed by atoms with Gasteiger partial charge in [0.05, 0.1) is 5.56 Å².